The van der Waals surface area contributed by atoms with Crippen molar-refractivity contribution >= 4 is 17.4 Å². The van der Waals surface area contributed by atoms with Gasteiger partial charge in [-0.3, -0.25) is 0 Å². The number of hydrogen-bond donors (Lipinski definition) is 0. The van der Waals surface area contributed by atoms with Crippen LogP contribution < -0.4 is 4.90 Å². The molecule has 0 amide bonds. The number of likely N-dealkylation sites (N-methyl/N-ethyl adjacent to an activating group) is 1. The third-order valence-corrected chi connectivity index (χ3v) is 4.02. The molecular formula is C13H19ClN4O. The van der Waals surface area contributed by atoms with E-state index in [1.165, 1.54) is 5.56 Å². The Balaban J connectivity index is 2.00. The summed E-state index contributed by atoms with van der Waals surface area (Å²) in [7, 11) is 2.11. The van der Waals surface area contributed by atoms with Crippen LogP contribution in [0.4, 0.5) is 5.82 Å². The van der Waals surface area contributed by atoms with Crippen LogP contribution in [0.2, 0.25) is 5.28 Å². The van der Waals surface area contributed by atoms with Crippen LogP contribution in [-0.4, -0.2) is 54.3 Å². The fourth-order valence-corrected chi connectivity index (χ4v) is 2.97. The molecule has 5 nitrogen and oxygen atoms in total. The van der Waals surface area contributed by atoms with Gasteiger partial charge < -0.3 is 14.5 Å². The van der Waals surface area contributed by atoms with E-state index in [4.69, 9.17) is 16.3 Å². The molecule has 0 radical (unpaired) electrons. The van der Waals surface area contributed by atoms with Crippen molar-refractivity contribution in [3.05, 3.63) is 16.5 Å². The summed E-state index contributed by atoms with van der Waals surface area (Å²) >= 11 is 6.10. The Hall–Kier alpha value is -0.910. The van der Waals surface area contributed by atoms with E-state index >= 15 is 0 Å². The molecule has 1 aromatic rings. The topological polar surface area (TPSA) is 41.5 Å². The Kier molecular flexibility index (Phi) is 3.60. The SMILES string of the molecule is C[C@H]1COCCN1c1nc(Cl)nc2c1CCN(C)C2. The van der Waals surface area contributed by atoms with Crippen molar-refractivity contribution in [3.63, 3.8) is 0 Å². The predicted molar refractivity (Wildman–Crippen MR) is 74.7 cm³/mol. The number of halogens is 1. The van der Waals surface area contributed by atoms with Gasteiger partial charge in [0.05, 0.1) is 24.9 Å². The third kappa shape index (κ3) is 2.55. The molecule has 6 heteroatoms. The number of hydrogen-bond acceptors (Lipinski definition) is 5. The molecule has 0 aromatic carbocycles. The molecule has 19 heavy (non-hydrogen) atoms. The lowest BCUT2D eigenvalue weighted by molar-refractivity contribution is 0.0983. The van der Waals surface area contributed by atoms with Gasteiger partial charge in [-0.05, 0) is 32.0 Å². The minimum atomic E-state index is 0.337. The first-order valence-electron chi connectivity index (χ1n) is 6.73. The van der Waals surface area contributed by atoms with E-state index in [0.29, 0.717) is 11.3 Å². The molecule has 0 bridgehead atoms. The van der Waals surface area contributed by atoms with Crippen LogP contribution in [0.3, 0.4) is 0 Å². The molecule has 0 N–H and O–H groups in total. The number of nitrogens with zero attached hydrogens (tertiary/aromatic N) is 4. The average molecular weight is 283 g/mol. The van der Waals surface area contributed by atoms with Gasteiger partial charge in [0.25, 0.3) is 0 Å². The Bertz CT molecular complexity index is 482. The first-order valence-corrected chi connectivity index (χ1v) is 7.11. The highest BCUT2D eigenvalue weighted by molar-refractivity contribution is 6.28. The quantitative estimate of drug-likeness (QED) is 0.727. The van der Waals surface area contributed by atoms with Crippen LogP contribution in [0.25, 0.3) is 0 Å². The van der Waals surface area contributed by atoms with E-state index in [-0.39, 0.29) is 0 Å². The zero-order valence-electron chi connectivity index (χ0n) is 11.4. The highest BCUT2D eigenvalue weighted by Gasteiger charge is 2.27. The van der Waals surface area contributed by atoms with Crippen molar-refractivity contribution in [2.45, 2.75) is 25.9 Å². The maximum atomic E-state index is 6.10. The fourth-order valence-electron chi connectivity index (χ4n) is 2.79. The van der Waals surface area contributed by atoms with Crippen molar-refractivity contribution < 1.29 is 4.74 Å². The fraction of sp³-hybridized carbons (Fsp3) is 0.692. The minimum Gasteiger partial charge on any atom is -0.377 e. The van der Waals surface area contributed by atoms with E-state index in [1.54, 1.807) is 0 Å². The van der Waals surface area contributed by atoms with Gasteiger partial charge in [-0.1, -0.05) is 0 Å². The van der Waals surface area contributed by atoms with Crippen molar-refractivity contribution in [2.75, 3.05) is 38.3 Å². The summed E-state index contributed by atoms with van der Waals surface area (Å²) < 4.78 is 5.50. The highest BCUT2D eigenvalue weighted by Crippen LogP contribution is 2.29. The Labute approximate surface area is 118 Å². The number of fused-ring (bicyclic) bond motifs is 1. The maximum Gasteiger partial charge on any atom is 0.224 e. The predicted octanol–water partition coefficient (Wildman–Crippen LogP) is 1.34. The van der Waals surface area contributed by atoms with Crippen LogP contribution in [0.1, 0.15) is 18.2 Å². The Morgan fingerprint density at radius 3 is 2.95 bits per heavy atom. The molecule has 1 saturated heterocycles. The maximum absolute atomic E-state index is 6.10. The smallest absolute Gasteiger partial charge is 0.224 e. The molecule has 0 unspecified atom stereocenters. The lowest BCUT2D eigenvalue weighted by atomic mass is 10.0. The standard InChI is InChI=1S/C13H19ClN4O/c1-9-8-19-6-5-18(9)12-10-3-4-17(2)7-11(10)15-13(14)16-12/h9H,3-8H2,1-2H3/t9-/m0/s1. The van der Waals surface area contributed by atoms with Gasteiger partial charge in [0.2, 0.25) is 5.28 Å². The molecule has 2 aliphatic heterocycles. The molecule has 104 valence electrons. The zero-order valence-corrected chi connectivity index (χ0v) is 12.2. The van der Waals surface area contributed by atoms with Crippen LogP contribution in [0, 0.1) is 0 Å². The normalized spacial score (nSPS) is 24.4. The summed E-state index contributed by atoms with van der Waals surface area (Å²) in [5.41, 5.74) is 2.33. The van der Waals surface area contributed by atoms with Gasteiger partial charge in [0, 0.05) is 25.2 Å². The lowest BCUT2D eigenvalue weighted by Crippen LogP contribution is -2.45. The molecule has 0 aliphatic carbocycles. The number of rotatable bonds is 1. The van der Waals surface area contributed by atoms with Crippen molar-refractivity contribution in [1.29, 1.82) is 0 Å². The average Bonchev–Trinajstić information content (AvgIpc) is 2.38. The van der Waals surface area contributed by atoms with E-state index in [1.807, 2.05) is 0 Å². The van der Waals surface area contributed by atoms with Crippen LogP contribution in [0.5, 0.6) is 0 Å². The summed E-state index contributed by atoms with van der Waals surface area (Å²) in [6.45, 7) is 6.43. The number of morpholine rings is 1. The van der Waals surface area contributed by atoms with E-state index in [9.17, 15) is 0 Å². The molecule has 1 aromatic heterocycles. The first kappa shape index (κ1) is 13.1. The van der Waals surface area contributed by atoms with Gasteiger partial charge in [-0.2, -0.15) is 0 Å². The molecule has 0 spiro atoms. The van der Waals surface area contributed by atoms with E-state index in [0.717, 1.165) is 50.8 Å². The summed E-state index contributed by atoms with van der Waals surface area (Å²) in [6.07, 6.45) is 0.989. The van der Waals surface area contributed by atoms with Crippen molar-refractivity contribution in [1.82, 2.24) is 14.9 Å². The van der Waals surface area contributed by atoms with Gasteiger partial charge in [-0.15, -0.1) is 0 Å². The number of aromatic nitrogens is 2. The molecular weight excluding hydrogens is 264 g/mol. The molecule has 3 rings (SSSR count). The van der Waals surface area contributed by atoms with Crippen LogP contribution in [0.15, 0.2) is 0 Å². The molecule has 0 saturated carbocycles. The van der Waals surface area contributed by atoms with Gasteiger partial charge in [0.1, 0.15) is 5.82 Å². The number of ether oxygens (including phenoxy) is 1. The second-order valence-corrected chi connectivity index (χ2v) is 5.68. The summed E-state index contributed by atoms with van der Waals surface area (Å²) in [5.74, 6) is 1.01. The molecule has 2 aliphatic rings. The molecule has 1 atom stereocenters. The van der Waals surface area contributed by atoms with Gasteiger partial charge >= 0.3 is 0 Å². The van der Waals surface area contributed by atoms with Crippen molar-refractivity contribution in [2.24, 2.45) is 0 Å². The minimum absolute atomic E-state index is 0.337. The van der Waals surface area contributed by atoms with Crippen LogP contribution in [-0.2, 0) is 17.7 Å². The van der Waals surface area contributed by atoms with Gasteiger partial charge in [0.15, 0.2) is 0 Å². The van der Waals surface area contributed by atoms with E-state index in [2.05, 4.69) is 33.7 Å². The Morgan fingerprint density at radius 2 is 2.16 bits per heavy atom. The largest absolute Gasteiger partial charge is 0.377 e. The third-order valence-electron chi connectivity index (χ3n) is 3.85. The summed E-state index contributed by atoms with van der Waals surface area (Å²) in [5, 5.41) is 0.350. The molecule has 3 heterocycles. The van der Waals surface area contributed by atoms with Gasteiger partial charge in [-0.25, -0.2) is 9.97 Å². The van der Waals surface area contributed by atoms with Crippen LogP contribution >= 0.6 is 11.6 Å². The monoisotopic (exact) mass is 282 g/mol. The van der Waals surface area contributed by atoms with Crippen molar-refractivity contribution in [3.8, 4) is 0 Å². The first-order chi connectivity index (χ1) is 9.15. The number of anilines is 1. The lowest BCUT2D eigenvalue weighted by Gasteiger charge is -2.37. The molecule has 1 fully saturated rings. The second kappa shape index (κ2) is 5.23. The zero-order chi connectivity index (χ0) is 13.4. The summed E-state index contributed by atoms with van der Waals surface area (Å²) in [6, 6.07) is 0.337. The second-order valence-electron chi connectivity index (χ2n) is 5.35. The van der Waals surface area contributed by atoms with E-state index < -0.39 is 0 Å². The highest BCUT2D eigenvalue weighted by atomic mass is 35.5. The summed E-state index contributed by atoms with van der Waals surface area (Å²) in [4.78, 5) is 13.5. The Morgan fingerprint density at radius 1 is 1.32 bits per heavy atom.